The average molecular weight is 385 g/mol. The fourth-order valence-electron chi connectivity index (χ4n) is 2.38. The number of carbonyl (C=O) groups excluding carboxylic acids is 1. The number of thiocarbonyl (C=S) groups is 1. The molecule has 8 heteroatoms. The van der Waals surface area contributed by atoms with Crippen molar-refractivity contribution in [2.45, 2.75) is 0 Å². The van der Waals surface area contributed by atoms with Gasteiger partial charge in [0.25, 0.3) is 5.91 Å². The molecule has 0 spiro atoms. The molecule has 1 aliphatic heterocycles. The van der Waals surface area contributed by atoms with Gasteiger partial charge < -0.3 is 10.2 Å². The van der Waals surface area contributed by atoms with E-state index in [-0.39, 0.29) is 21.1 Å². The number of nitrogens with zero attached hydrogens (tertiary/aromatic N) is 1. The molecular formula is C18H11NO5S2. The number of amides is 1. The zero-order valence-electron chi connectivity index (χ0n) is 13.1. The summed E-state index contributed by atoms with van der Waals surface area (Å²) in [6.45, 7) is 0. The summed E-state index contributed by atoms with van der Waals surface area (Å²) in [5, 5.41) is 18.4. The molecule has 130 valence electrons. The second kappa shape index (κ2) is 7.11. The Bertz CT molecular complexity index is 937. The summed E-state index contributed by atoms with van der Waals surface area (Å²) < 4.78 is 0.205. The van der Waals surface area contributed by atoms with Gasteiger partial charge in [0.05, 0.1) is 21.7 Å². The van der Waals surface area contributed by atoms with Crippen LogP contribution in [0.1, 0.15) is 26.3 Å². The van der Waals surface area contributed by atoms with Crippen LogP contribution in [-0.2, 0) is 4.79 Å². The Balaban J connectivity index is 2.03. The largest absolute Gasteiger partial charge is 0.478 e. The zero-order chi connectivity index (χ0) is 18.8. The predicted octanol–water partition coefficient (Wildman–Crippen LogP) is 3.49. The quantitative estimate of drug-likeness (QED) is 0.614. The van der Waals surface area contributed by atoms with E-state index in [2.05, 4.69) is 0 Å². The topological polar surface area (TPSA) is 94.9 Å². The number of hydrogen-bond donors (Lipinski definition) is 2. The molecule has 0 bridgehead atoms. The molecule has 3 rings (SSSR count). The van der Waals surface area contributed by atoms with Crippen molar-refractivity contribution in [3.8, 4) is 0 Å². The van der Waals surface area contributed by atoms with Crippen LogP contribution in [0.15, 0.2) is 53.4 Å². The molecule has 0 aromatic heterocycles. The molecule has 6 nitrogen and oxygen atoms in total. The Morgan fingerprint density at radius 2 is 1.58 bits per heavy atom. The monoisotopic (exact) mass is 385 g/mol. The van der Waals surface area contributed by atoms with E-state index in [1.165, 1.54) is 12.1 Å². The predicted molar refractivity (Wildman–Crippen MR) is 102 cm³/mol. The van der Waals surface area contributed by atoms with Crippen LogP contribution in [0.25, 0.3) is 6.08 Å². The van der Waals surface area contributed by atoms with Crippen LogP contribution in [0.3, 0.4) is 0 Å². The summed E-state index contributed by atoms with van der Waals surface area (Å²) in [5.74, 6) is -3.01. The number of hydrogen-bond acceptors (Lipinski definition) is 5. The van der Waals surface area contributed by atoms with Crippen molar-refractivity contribution >= 4 is 57.9 Å². The molecule has 0 saturated carbocycles. The minimum Gasteiger partial charge on any atom is -0.478 e. The van der Waals surface area contributed by atoms with E-state index < -0.39 is 17.8 Å². The van der Waals surface area contributed by atoms with Crippen molar-refractivity contribution in [1.29, 1.82) is 0 Å². The molecule has 1 saturated heterocycles. The van der Waals surface area contributed by atoms with Crippen LogP contribution in [0.5, 0.6) is 0 Å². The Hall–Kier alpha value is -2.97. The number of benzene rings is 2. The molecule has 2 N–H and O–H groups in total. The Labute approximate surface area is 157 Å². The first-order valence-corrected chi connectivity index (χ1v) is 8.54. The molecule has 1 heterocycles. The van der Waals surface area contributed by atoms with E-state index in [9.17, 15) is 24.6 Å². The van der Waals surface area contributed by atoms with Gasteiger partial charge in [0, 0.05) is 0 Å². The van der Waals surface area contributed by atoms with Gasteiger partial charge in [-0.05, 0) is 29.8 Å². The molecule has 1 fully saturated rings. The third-order valence-electron chi connectivity index (χ3n) is 3.56. The second-order valence-electron chi connectivity index (χ2n) is 5.31. The fourth-order valence-corrected chi connectivity index (χ4v) is 3.68. The molecule has 0 aliphatic carbocycles. The lowest BCUT2D eigenvalue weighted by Crippen LogP contribution is -2.28. The van der Waals surface area contributed by atoms with Gasteiger partial charge in [-0.3, -0.25) is 9.69 Å². The van der Waals surface area contributed by atoms with Crippen LogP contribution in [0.2, 0.25) is 0 Å². The number of carboxylic acids is 2. The van der Waals surface area contributed by atoms with Crippen LogP contribution in [-0.4, -0.2) is 32.4 Å². The highest BCUT2D eigenvalue weighted by Gasteiger charge is 2.34. The summed E-state index contributed by atoms with van der Waals surface area (Å²) in [6.07, 6.45) is 1.68. The SMILES string of the molecule is O=C(O)c1cc(C(=O)O)cc(N2C(=O)/C(=C/c3ccccc3)SC2=S)c1. The van der Waals surface area contributed by atoms with Crippen LogP contribution in [0, 0.1) is 0 Å². The lowest BCUT2D eigenvalue weighted by atomic mass is 10.1. The summed E-state index contributed by atoms with van der Waals surface area (Å²) in [4.78, 5) is 36.8. The Morgan fingerprint density at radius 1 is 1.00 bits per heavy atom. The van der Waals surface area contributed by atoms with Gasteiger partial charge in [-0.15, -0.1) is 0 Å². The van der Waals surface area contributed by atoms with Crippen LogP contribution < -0.4 is 4.90 Å². The van der Waals surface area contributed by atoms with Gasteiger partial charge >= 0.3 is 11.9 Å². The first kappa shape index (κ1) is 17.8. The molecule has 26 heavy (non-hydrogen) atoms. The lowest BCUT2D eigenvalue weighted by molar-refractivity contribution is -0.113. The number of carbonyl (C=O) groups is 3. The smallest absolute Gasteiger partial charge is 0.335 e. The number of rotatable bonds is 4. The molecule has 1 amide bonds. The summed E-state index contributed by atoms with van der Waals surface area (Å²) in [5.41, 5.74) is 0.460. The highest BCUT2D eigenvalue weighted by atomic mass is 32.2. The summed E-state index contributed by atoms with van der Waals surface area (Å²) in [6, 6.07) is 12.7. The molecule has 2 aromatic rings. The van der Waals surface area contributed by atoms with Crippen molar-refractivity contribution in [2.75, 3.05) is 4.90 Å². The second-order valence-corrected chi connectivity index (χ2v) is 6.98. The van der Waals surface area contributed by atoms with Crippen molar-refractivity contribution in [2.24, 2.45) is 0 Å². The van der Waals surface area contributed by atoms with Crippen molar-refractivity contribution < 1.29 is 24.6 Å². The van der Waals surface area contributed by atoms with Crippen LogP contribution >= 0.6 is 24.0 Å². The summed E-state index contributed by atoms with van der Waals surface area (Å²) >= 11 is 6.32. The van der Waals surface area contributed by atoms with Gasteiger partial charge in [-0.1, -0.05) is 54.3 Å². The minimum atomic E-state index is -1.29. The summed E-state index contributed by atoms with van der Waals surface area (Å²) in [7, 11) is 0. The third-order valence-corrected chi connectivity index (χ3v) is 4.86. The van der Waals surface area contributed by atoms with E-state index in [0.29, 0.717) is 4.91 Å². The number of anilines is 1. The van der Waals surface area contributed by atoms with E-state index in [1.807, 2.05) is 30.3 Å². The van der Waals surface area contributed by atoms with E-state index in [1.54, 1.807) is 6.08 Å². The van der Waals surface area contributed by atoms with Gasteiger partial charge in [-0.2, -0.15) is 0 Å². The average Bonchev–Trinajstić information content (AvgIpc) is 2.89. The first-order valence-electron chi connectivity index (χ1n) is 7.31. The minimum absolute atomic E-state index is 0.112. The molecule has 0 radical (unpaired) electrons. The standard InChI is InChI=1S/C18H11NO5S2/c20-15-14(6-10-4-2-1-3-5-10)26-18(25)19(15)13-8-11(16(21)22)7-12(9-13)17(23)24/h1-9H,(H,21,22)(H,23,24)/b14-6-. The van der Waals surface area contributed by atoms with E-state index in [4.69, 9.17) is 12.2 Å². The highest BCUT2D eigenvalue weighted by Crippen LogP contribution is 2.36. The van der Waals surface area contributed by atoms with Crippen LogP contribution in [0.4, 0.5) is 5.69 Å². The lowest BCUT2D eigenvalue weighted by Gasteiger charge is -2.16. The van der Waals surface area contributed by atoms with Gasteiger partial charge in [0.2, 0.25) is 0 Å². The fraction of sp³-hybridized carbons (Fsp3) is 0. The number of carboxylic acid groups (broad SMARTS) is 2. The van der Waals surface area contributed by atoms with Gasteiger partial charge in [-0.25, -0.2) is 9.59 Å². The van der Waals surface area contributed by atoms with Crippen molar-refractivity contribution in [3.63, 3.8) is 0 Å². The maximum atomic E-state index is 12.7. The Kier molecular flexibility index (Phi) is 4.88. The third kappa shape index (κ3) is 3.51. The van der Waals surface area contributed by atoms with Crippen molar-refractivity contribution in [1.82, 2.24) is 0 Å². The first-order chi connectivity index (χ1) is 12.4. The zero-order valence-corrected chi connectivity index (χ0v) is 14.7. The molecule has 1 aliphatic rings. The van der Waals surface area contributed by atoms with Gasteiger partial charge in [0.1, 0.15) is 0 Å². The molecule has 0 unspecified atom stereocenters. The number of thioether (sulfide) groups is 1. The maximum absolute atomic E-state index is 12.7. The van der Waals surface area contributed by atoms with E-state index >= 15 is 0 Å². The van der Waals surface area contributed by atoms with E-state index in [0.717, 1.165) is 28.3 Å². The maximum Gasteiger partial charge on any atom is 0.335 e. The van der Waals surface area contributed by atoms with Crippen molar-refractivity contribution in [3.05, 3.63) is 70.1 Å². The normalized spacial score (nSPS) is 15.5. The molecular weight excluding hydrogens is 374 g/mol. The molecule has 0 atom stereocenters. The van der Waals surface area contributed by atoms with Gasteiger partial charge in [0.15, 0.2) is 4.32 Å². The molecule has 2 aromatic carbocycles. The number of aromatic carboxylic acids is 2. The highest BCUT2D eigenvalue weighted by molar-refractivity contribution is 8.27. The Morgan fingerprint density at radius 3 is 2.12 bits per heavy atom.